The van der Waals surface area contributed by atoms with Crippen molar-refractivity contribution in [3.05, 3.63) is 70.2 Å². The molecule has 26 heavy (non-hydrogen) atoms. The Morgan fingerprint density at radius 2 is 1.88 bits per heavy atom. The van der Waals surface area contributed by atoms with Gasteiger partial charge in [-0.2, -0.15) is 0 Å². The molecule has 0 saturated carbocycles. The van der Waals surface area contributed by atoms with Gasteiger partial charge in [0.1, 0.15) is 5.01 Å². The summed E-state index contributed by atoms with van der Waals surface area (Å²) in [6.45, 7) is 2.05. The van der Waals surface area contributed by atoms with E-state index in [1.807, 2.05) is 60.8 Å². The van der Waals surface area contributed by atoms with E-state index in [1.54, 1.807) is 11.3 Å². The molecule has 4 rings (SSSR count). The highest BCUT2D eigenvalue weighted by Crippen LogP contribution is 2.32. The number of thioether (sulfide) groups is 1. The first-order valence-electron chi connectivity index (χ1n) is 7.92. The summed E-state index contributed by atoms with van der Waals surface area (Å²) in [5, 5.41) is 12.4. The molecule has 4 aromatic rings. The van der Waals surface area contributed by atoms with Crippen LogP contribution in [-0.4, -0.2) is 15.2 Å². The van der Waals surface area contributed by atoms with Gasteiger partial charge in [-0.25, -0.2) is 4.98 Å². The number of rotatable bonds is 5. The lowest BCUT2D eigenvalue weighted by Crippen LogP contribution is -1.83. The standard InChI is InChI=1S/C19H14ClN3OS2/c1-12-6-8-13(9-7-12)17-22-23-19(24-17)26-11-14-10-25-18(21-14)15-4-2-3-5-16(15)20/h2-10H,11H2,1H3. The lowest BCUT2D eigenvalue weighted by Gasteiger charge is -1.98. The van der Waals surface area contributed by atoms with Crippen molar-refractivity contribution in [2.24, 2.45) is 0 Å². The van der Waals surface area contributed by atoms with Gasteiger partial charge in [0.25, 0.3) is 5.22 Å². The van der Waals surface area contributed by atoms with Crippen molar-refractivity contribution in [1.29, 1.82) is 0 Å². The molecule has 130 valence electrons. The predicted molar refractivity (Wildman–Crippen MR) is 107 cm³/mol. The summed E-state index contributed by atoms with van der Waals surface area (Å²) in [7, 11) is 0. The first-order chi connectivity index (χ1) is 12.7. The Morgan fingerprint density at radius 3 is 2.69 bits per heavy atom. The fraction of sp³-hybridized carbons (Fsp3) is 0.105. The lowest BCUT2D eigenvalue weighted by molar-refractivity contribution is 0.466. The van der Waals surface area contributed by atoms with Crippen LogP contribution in [-0.2, 0) is 5.75 Å². The van der Waals surface area contributed by atoms with Crippen LogP contribution < -0.4 is 0 Å². The third-order valence-electron chi connectivity index (χ3n) is 3.70. The van der Waals surface area contributed by atoms with Gasteiger partial charge >= 0.3 is 0 Å². The van der Waals surface area contributed by atoms with Crippen LogP contribution >= 0.6 is 34.7 Å². The Kier molecular flexibility index (Phi) is 5.06. The molecule has 0 fully saturated rings. The molecular weight excluding hydrogens is 386 g/mol. The topological polar surface area (TPSA) is 51.8 Å². The molecule has 0 aliphatic rings. The molecule has 0 spiro atoms. The van der Waals surface area contributed by atoms with Crippen LogP contribution in [0.25, 0.3) is 22.0 Å². The molecule has 2 aromatic carbocycles. The van der Waals surface area contributed by atoms with Crippen LogP contribution in [0.3, 0.4) is 0 Å². The van der Waals surface area contributed by atoms with Crippen molar-refractivity contribution < 1.29 is 4.42 Å². The van der Waals surface area contributed by atoms with E-state index in [-0.39, 0.29) is 0 Å². The molecule has 0 radical (unpaired) electrons. The zero-order chi connectivity index (χ0) is 17.9. The van der Waals surface area contributed by atoms with Gasteiger partial charge in [0.2, 0.25) is 5.89 Å². The summed E-state index contributed by atoms with van der Waals surface area (Å²) in [6, 6.07) is 15.7. The van der Waals surface area contributed by atoms with Gasteiger partial charge in [0, 0.05) is 22.3 Å². The predicted octanol–water partition coefficient (Wildman–Crippen LogP) is 6.11. The van der Waals surface area contributed by atoms with Gasteiger partial charge in [-0.15, -0.1) is 21.5 Å². The van der Waals surface area contributed by atoms with E-state index in [1.165, 1.54) is 17.3 Å². The monoisotopic (exact) mass is 399 g/mol. The summed E-state index contributed by atoms with van der Waals surface area (Å²) in [5.74, 6) is 1.19. The smallest absolute Gasteiger partial charge is 0.277 e. The van der Waals surface area contributed by atoms with Gasteiger partial charge < -0.3 is 4.42 Å². The van der Waals surface area contributed by atoms with E-state index in [4.69, 9.17) is 16.0 Å². The number of thiazole rings is 1. The maximum Gasteiger partial charge on any atom is 0.277 e. The van der Waals surface area contributed by atoms with Gasteiger partial charge in [0.05, 0.1) is 10.7 Å². The molecule has 4 nitrogen and oxygen atoms in total. The second-order valence-corrected chi connectivity index (χ2v) is 7.84. The number of aromatic nitrogens is 3. The Bertz CT molecular complexity index is 1030. The average molecular weight is 400 g/mol. The molecular formula is C19H14ClN3OS2. The van der Waals surface area contributed by atoms with E-state index >= 15 is 0 Å². The minimum atomic E-state index is 0.530. The van der Waals surface area contributed by atoms with Crippen molar-refractivity contribution in [3.63, 3.8) is 0 Å². The Hall–Kier alpha value is -2.15. The summed E-state index contributed by atoms with van der Waals surface area (Å²) < 4.78 is 5.74. The zero-order valence-electron chi connectivity index (χ0n) is 13.8. The second-order valence-electron chi connectivity index (χ2n) is 5.65. The van der Waals surface area contributed by atoms with Crippen molar-refractivity contribution >= 4 is 34.7 Å². The van der Waals surface area contributed by atoms with Crippen molar-refractivity contribution in [1.82, 2.24) is 15.2 Å². The molecule has 0 aliphatic heterocycles. The minimum Gasteiger partial charge on any atom is -0.411 e. The molecule has 0 atom stereocenters. The Morgan fingerprint density at radius 1 is 1.08 bits per heavy atom. The van der Waals surface area contributed by atoms with Crippen molar-refractivity contribution in [2.75, 3.05) is 0 Å². The van der Waals surface area contributed by atoms with Crippen molar-refractivity contribution in [2.45, 2.75) is 17.9 Å². The molecule has 0 amide bonds. The summed E-state index contributed by atoms with van der Waals surface area (Å²) in [6.07, 6.45) is 0. The van der Waals surface area contributed by atoms with Gasteiger partial charge in [-0.1, -0.05) is 59.3 Å². The number of nitrogens with zero attached hydrogens (tertiary/aromatic N) is 3. The largest absolute Gasteiger partial charge is 0.411 e. The molecule has 0 N–H and O–H groups in total. The third kappa shape index (κ3) is 3.82. The lowest BCUT2D eigenvalue weighted by atomic mass is 10.1. The van der Waals surface area contributed by atoms with Crippen molar-refractivity contribution in [3.8, 4) is 22.0 Å². The van der Waals surface area contributed by atoms with Crippen LogP contribution in [0.2, 0.25) is 5.02 Å². The van der Waals surface area contributed by atoms with Crippen LogP contribution in [0.1, 0.15) is 11.3 Å². The van der Waals surface area contributed by atoms with E-state index in [9.17, 15) is 0 Å². The molecule has 0 saturated heterocycles. The van der Waals surface area contributed by atoms with Gasteiger partial charge in [-0.3, -0.25) is 0 Å². The van der Waals surface area contributed by atoms with Gasteiger partial charge in [-0.05, 0) is 25.1 Å². The van der Waals surface area contributed by atoms with E-state index in [0.717, 1.165) is 21.8 Å². The SMILES string of the molecule is Cc1ccc(-c2nnc(SCc3csc(-c4ccccc4Cl)n3)o2)cc1. The van der Waals surface area contributed by atoms with E-state index in [0.29, 0.717) is 21.9 Å². The molecule has 7 heteroatoms. The first kappa shape index (κ1) is 17.3. The fourth-order valence-electron chi connectivity index (χ4n) is 2.35. The highest BCUT2D eigenvalue weighted by atomic mass is 35.5. The molecule has 2 aromatic heterocycles. The van der Waals surface area contributed by atoms with Crippen LogP contribution in [0.15, 0.2) is 63.6 Å². The quantitative estimate of drug-likeness (QED) is 0.378. The summed E-state index contributed by atoms with van der Waals surface area (Å²) in [5.41, 5.74) is 4.03. The summed E-state index contributed by atoms with van der Waals surface area (Å²) >= 11 is 9.30. The number of aryl methyl sites for hydroxylation is 1. The maximum atomic E-state index is 6.24. The molecule has 0 unspecified atom stereocenters. The number of benzene rings is 2. The number of hydrogen-bond donors (Lipinski definition) is 0. The molecule has 0 aliphatic carbocycles. The third-order valence-corrected chi connectivity index (χ3v) is 5.81. The molecule has 2 heterocycles. The highest BCUT2D eigenvalue weighted by molar-refractivity contribution is 7.98. The Balaban J connectivity index is 1.44. The average Bonchev–Trinajstić information content (AvgIpc) is 3.30. The van der Waals surface area contributed by atoms with Crippen LogP contribution in [0.4, 0.5) is 0 Å². The fourth-order valence-corrected chi connectivity index (χ4v) is 4.25. The van der Waals surface area contributed by atoms with E-state index < -0.39 is 0 Å². The normalized spacial score (nSPS) is 11.0. The summed E-state index contributed by atoms with van der Waals surface area (Å²) in [4.78, 5) is 4.65. The number of hydrogen-bond acceptors (Lipinski definition) is 6. The second kappa shape index (κ2) is 7.61. The highest BCUT2D eigenvalue weighted by Gasteiger charge is 2.12. The van der Waals surface area contributed by atoms with Gasteiger partial charge in [0.15, 0.2) is 0 Å². The number of halogens is 1. The first-order valence-corrected chi connectivity index (χ1v) is 10.2. The van der Waals surface area contributed by atoms with E-state index in [2.05, 4.69) is 15.2 Å². The Labute approximate surface area is 164 Å². The molecule has 0 bridgehead atoms. The van der Waals surface area contributed by atoms with Crippen LogP contribution in [0.5, 0.6) is 0 Å². The zero-order valence-corrected chi connectivity index (χ0v) is 16.2. The minimum absolute atomic E-state index is 0.530. The van der Waals surface area contributed by atoms with Crippen LogP contribution in [0, 0.1) is 6.92 Å². The maximum absolute atomic E-state index is 6.24.